The Morgan fingerprint density at radius 1 is 1.15 bits per heavy atom. The number of anilines is 1. The van der Waals surface area contributed by atoms with Gasteiger partial charge in [0.15, 0.2) is 12.4 Å². The number of aliphatic hydroxyl groups is 2. The molecule has 2 aliphatic rings. The number of carbonyl (C=O) groups is 2. The van der Waals surface area contributed by atoms with Gasteiger partial charge in [-0.1, -0.05) is 30.3 Å². The first kappa shape index (κ1) is 24.3. The summed E-state index contributed by atoms with van der Waals surface area (Å²) in [5.74, 6) is -2.02. The second kappa shape index (κ2) is 10.2. The molecule has 0 radical (unpaired) electrons. The van der Waals surface area contributed by atoms with Gasteiger partial charge in [-0.15, -0.1) is 0 Å². The van der Waals surface area contributed by atoms with Gasteiger partial charge in [-0.3, -0.25) is 4.79 Å². The third-order valence-corrected chi connectivity index (χ3v) is 6.53. The molecule has 4 rings (SSSR count). The molecule has 182 valence electrons. The highest BCUT2D eigenvalue weighted by atomic mass is 19.1. The van der Waals surface area contributed by atoms with E-state index in [0.29, 0.717) is 18.4 Å². The van der Waals surface area contributed by atoms with E-state index in [1.807, 2.05) is 37.3 Å². The Bertz CT molecular complexity index is 1000. The predicted octanol–water partition coefficient (Wildman–Crippen LogP) is 2.64. The summed E-state index contributed by atoms with van der Waals surface area (Å²) < 4.78 is 24.8. The summed E-state index contributed by atoms with van der Waals surface area (Å²) in [5.41, 5.74) is 1.44. The van der Waals surface area contributed by atoms with Crippen molar-refractivity contribution in [2.45, 2.75) is 62.9 Å². The van der Waals surface area contributed by atoms with E-state index in [4.69, 9.17) is 9.47 Å². The van der Waals surface area contributed by atoms with Crippen LogP contribution in [0.4, 0.5) is 10.1 Å². The van der Waals surface area contributed by atoms with Crippen molar-refractivity contribution in [3.05, 3.63) is 66.0 Å². The number of aliphatic carboxylic acids is 1. The maximum Gasteiger partial charge on any atom is 0.335 e. The van der Waals surface area contributed by atoms with Gasteiger partial charge in [0.25, 0.3) is 0 Å². The minimum atomic E-state index is -1.53. The summed E-state index contributed by atoms with van der Waals surface area (Å²) in [7, 11) is 0. The lowest BCUT2D eigenvalue weighted by Crippen LogP contribution is -2.59. The molecule has 1 amide bonds. The van der Waals surface area contributed by atoms with E-state index in [9.17, 15) is 29.3 Å². The third-order valence-electron chi connectivity index (χ3n) is 6.53. The van der Waals surface area contributed by atoms with Crippen LogP contribution in [0.25, 0.3) is 0 Å². The van der Waals surface area contributed by atoms with Gasteiger partial charge in [0.05, 0.1) is 18.1 Å². The van der Waals surface area contributed by atoms with E-state index in [1.165, 1.54) is 12.1 Å². The van der Waals surface area contributed by atoms with E-state index in [1.54, 1.807) is 17.0 Å². The normalized spacial score (nSPS) is 30.0. The van der Waals surface area contributed by atoms with E-state index in [2.05, 4.69) is 0 Å². The fourth-order valence-corrected chi connectivity index (χ4v) is 4.64. The molecule has 2 saturated heterocycles. The number of halogens is 1. The first-order valence-electron chi connectivity index (χ1n) is 11.3. The zero-order valence-corrected chi connectivity index (χ0v) is 18.7. The molecular formula is C25H28FNO7. The molecule has 6 unspecified atom stereocenters. The summed E-state index contributed by atoms with van der Waals surface area (Å²) in [6.07, 6.45) is -5.51. The van der Waals surface area contributed by atoms with Gasteiger partial charge in [-0.2, -0.15) is 0 Å². The van der Waals surface area contributed by atoms with Gasteiger partial charge in [-0.05, 0) is 49.6 Å². The molecule has 7 atom stereocenters. The molecule has 8 nitrogen and oxygen atoms in total. The molecule has 0 aromatic heterocycles. The van der Waals surface area contributed by atoms with Gasteiger partial charge in [-0.25, -0.2) is 9.18 Å². The SMILES string of the molecule is CC1[C@@H](CCC(OC2OC(C(=O)O)C(O)CC2O)c2ccc(F)cc2)C(=O)N1c1ccccc1. The Hall–Kier alpha value is -2.85. The lowest BCUT2D eigenvalue weighted by atomic mass is 9.83. The number of rotatable bonds is 8. The Balaban J connectivity index is 1.46. The van der Waals surface area contributed by atoms with Crippen LogP contribution in [0, 0.1) is 11.7 Å². The Labute approximate surface area is 196 Å². The number of para-hydroxylation sites is 1. The highest BCUT2D eigenvalue weighted by Gasteiger charge is 2.46. The summed E-state index contributed by atoms with van der Waals surface area (Å²) in [4.78, 5) is 26.0. The number of amides is 1. The quantitative estimate of drug-likeness (QED) is 0.505. The molecule has 34 heavy (non-hydrogen) atoms. The molecule has 0 spiro atoms. The molecular weight excluding hydrogens is 445 g/mol. The van der Waals surface area contributed by atoms with Crippen molar-refractivity contribution in [3.8, 4) is 0 Å². The first-order chi connectivity index (χ1) is 16.3. The molecule has 2 fully saturated rings. The average molecular weight is 473 g/mol. The Morgan fingerprint density at radius 2 is 1.82 bits per heavy atom. The lowest BCUT2D eigenvalue weighted by molar-refractivity contribution is -0.279. The van der Waals surface area contributed by atoms with Crippen LogP contribution < -0.4 is 4.90 Å². The second-order valence-corrected chi connectivity index (χ2v) is 8.78. The number of nitrogens with zero attached hydrogens (tertiary/aromatic N) is 1. The summed E-state index contributed by atoms with van der Waals surface area (Å²) in [6, 6.07) is 15.0. The van der Waals surface area contributed by atoms with Gasteiger partial charge in [0.2, 0.25) is 5.91 Å². The number of carbonyl (C=O) groups excluding carboxylic acids is 1. The van der Waals surface area contributed by atoms with Crippen molar-refractivity contribution in [2.75, 3.05) is 4.90 Å². The van der Waals surface area contributed by atoms with Gasteiger partial charge >= 0.3 is 5.97 Å². The highest BCUT2D eigenvalue weighted by Crippen LogP contribution is 2.38. The van der Waals surface area contributed by atoms with Crippen LogP contribution in [0.1, 0.15) is 37.9 Å². The third kappa shape index (κ3) is 4.97. The number of aliphatic hydroxyl groups excluding tert-OH is 2. The fourth-order valence-electron chi connectivity index (χ4n) is 4.64. The minimum Gasteiger partial charge on any atom is -0.479 e. The predicted molar refractivity (Wildman–Crippen MR) is 119 cm³/mol. The van der Waals surface area contributed by atoms with Crippen molar-refractivity contribution in [1.82, 2.24) is 0 Å². The highest BCUT2D eigenvalue weighted by molar-refractivity contribution is 6.02. The number of carboxylic acids is 1. The smallest absolute Gasteiger partial charge is 0.335 e. The zero-order chi connectivity index (χ0) is 24.4. The van der Waals surface area contributed by atoms with Crippen LogP contribution in [0.5, 0.6) is 0 Å². The lowest BCUT2D eigenvalue weighted by Gasteiger charge is -2.46. The standard InChI is InChI=1S/C25H28FNO7/c1-14-18(23(30)27(14)17-5-3-2-4-6-17)11-12-21(15-7-9-16(26)10-8-15)33-25-20(29)13-19(28)22(34-25)24(31)32/h2-10,14,18-22,25,28-29H,11-13H2,1H3,(H,31,32)/t14?,18-,19?,20?,21?,22?,25?/m1/s1. The maximum absolute atomic E-state index is 13.5. The number of benzene rings is 2. The van der Waals surface area contributed by atoms with Crippen molar-refractivity contribution in [3.63, 3.8) is 0 Å². The number of β-lactam (4-membered cyclic amide) rings is 1. The first-order valence-corrected chi connectivity index (χ1v) is 11.3. The number of hydrogen-bond donors (Lipinski definition) is 3. The molecule has 3 N–H and O–H groups in total. The Kier molecular flexibility index (Phi) is 7.27. The minimum absolute atomic E-state index is 0.000397. The molecule has 2 aromatic carbocycles. The Morgan fingerprint density at radius 3 is 2.44 bits per heavy atom. The molecule has 0 saturated carbocycles. The largest absolute Gasteiger partial charge is 0.479 e. The number of ether oxygens (including phenoxy) is 2. The topological polar surface area (TPSA) is 117 Å². The summed E-state index contributed by atoms with van der Waals surface area (Å²) in [6.45, 7) is 1.97. The van der Waals surface area contributed by atoms with E-state index in [0.717, 1.165) is 5.69 Å². The molecule has 2 aromatic rings. The van der Waals surface area contributed by atoms with Crippen LogP contribution >= 0.6 is 0 Å². The van der Waals surface area contributed by atoms with Crippen molar-refractivity contribution < 1.29 is 38.8 Å². The molecule has 9 heteroatoms. The maximum atomic E-state index is 13.5. The fraction of sp³-hybridized carbons (Fsp3) is 0.440. The summed E-state index contributed by atoms with van der Waals surface area (Å²) in [5, 5.41) is 29.5. The zero-order valence-electron chi connectivity index (χ0n) is 18.7. The molecule has 0 aliphatic carbocycles. The van der Waals surface area contributed by atoms with Crippen LogP contribution in [0.3, 0.4) is 0 Å². The number of hydrogen-bond acceptors (Lipinski definition) is 6. The monoisotopic (exact) mass is 473 g/mol. The molecule has 0 bridgehead atoms. The second-order valence-electron chi connectivity index (χ2n) is 8.78. The van der Waals surface area contributed by atoms with Gasteiger partial charge in [0, 0.05) is 18.2 Å². The van der Waals surface area contributed by atoms with Crippen molar-refractivity contribution in [2.24, 2.45) is 5.92 Å². The van der Waals surface area contributed by atoms with E-state index in [-0.39, 0.29) is 24.3 Å². The van der Waals surface area contributed by atoms with Gasteiger partial charge < -0.3 is 29.7 Å². The molecule has 2 heterocycles. The van der Waals surface area contributed by atoms with Gasteiger partial charge in [0.1, 0.15) is 11.9 Å². The van der Waals surface area contributed by atoms with Crippen LogP contribution in [-0.4, -0.2) is 57.8 Å². The van der Waals surface area contributed by atoms with E-state index < -0.39 is 42.5 Å². The van der Waals surface area contributed by atoms with Crippen molar-refractivity contribution in [1.29, 1.82) is 0 Å². The average Bonchev–Trinajstić information content (AvgIpc) is 2.81. The van der Waals surface area contributed by atoms with E-state index >= 15 is 0 Å². The van der Waals surface area contributed by atoms with Crippen LogP contribution in [0.2, 0.25) is 0 Å². The van der Waals surface area contributed by atoms with Crippen LogP contribution in [-0.2, 0) is 19.1 Å². The summed E-state index contributed by atoms with van der Waals surface area (Å²) >= 11 is 0. The number of carboxylic acid groups (broad SMARTS) is 1. The van der Waals surface area contributed by atoms with Crippen molar-refractivity contribution >= 4 is 17.6 Å². The molecule has 2 aliphatic heterocycles. The van der Waals surface area contributed by atoms with Crippen LogP contribution in [0.15, 0.2) is 54.6 Å².